The lowest BCUT2D eigenvalue weighted by Crippen LogP contribution is -2.00. The third-order valence-corrected chi connectivity index (χ3v) is 3.73. The van der Waals surface area contributed by atoms with E-state index in [1.165, 1.54) is 11.1 Å². The van der Waals surface area contributed by atoms with E-state index in [1.54, 1.807) is 18.2 Å². The van der Waals surface area contributed by atoms with Gasteiger partial charge in [0, 0.05) is 5.02 Å². The van der Waals surface area contributed by atoms with Gasteiger partial charge in [-0.3, -0.25) is 0 Å². The van der Waals surface area contributed by atoms with Crippen molar-refractivity contribution in [2.75, 3.05) is 0 Å². The highest BCUT2D eigenvalue weighted by atomic mass is 35.5. The first-order valence-electron chi connectivity index (χ1n) is 6.71. The molecular formula is C17H17ClO2. The molecule has 20 heavy (non-hydrogen) atoms. The van der Waals surface area contributed by atoms with Gasteiger partial charge in [0.1, 0.15) is 0 Å². The Balaban J connectivity index is 2.61. The molecule has 0 heterocycles. The second-order valence-electron chi connectivity index (χ2n) is 4.69. The van der Waals surface area contributed by atoms with E-state index >= 15 is 0 Å². The topological polar surface area (TPSA) is 37.3 Å². The number of aryl methyl sites for hydroxylation is 2. The van der Waals surface area contributed by atoms with Gasteiger partial charge in [0.05, 0.1) is 5.56 Å². The van der Waals surface area contributed by atoms with Crippen LogP contribution in [0.4, 0.5) is 0 Å². The van der Waals surface area contributed by atoms with E-state index in [1.807, 2.05) is 6.07 Å². The van der Waals surface area contributed by atoms with E-state index < -0.39 is 5.97 Å². The molecule has 1 N–H and O–H groups in total. The molecule has 2 aromatic rings. The van der Waals surface area contributed by atoms with E-state index in [4.69, 9.17) is 11.6 Å². The van der Waals surface area contributed by atoms with Gasteiger partial charge in [0.15, 0.2) is 0 Å². The average molecular weight is 289 g/mol. The summed E-state index contributed by atoms with van der Waals surface area (Å²) >= 11 is 6.01. The van der Waals surface area contributed by atoms with Crippen molar-refractivity contribution in [2.45, 2.75) is 26.7 Å². The summed E-state index contributed by atoms with van der Waals surface area (Å²) in [6.45, 7) is 4.23. The molecule has 0 atom stereocenters. The molecule has 2 rings (SSSR count). The Morgan fingerprint density at radius 2 is 1.75 bits per heavy atom. The molecule has 0 spiro atoms. The summed E-state index contributed by atoms with van der Waals surface area (Å²) in [5.74, 6) is -0.936. The van der Waals surface area contributed by atoms with Gasteiger partial charge in [0.2, 0.25) is 0 Å². The average Bonchev–Trinajstić information content (AvgIpc) is 2.46. The number of hydrogen-bond acceptors (Lipinski definition) is 1. The molecule has 2 aromatic carbocycles. The van der Waals surface area contributed by atoms with E-state index in [0.717, 1.165) is 18.4 Å². The molecule has 0 saturated carbocycles. The first kappa shape index (κ1) is 14.6. The fourth-order valence-electron chi connectivity index (χ4n) is 2.41. The molecule has 0 amide bonds. The molecule has 104 valence electrons. The van der Waals surface area contributed by atoms with Gasteiger partial charge in [-0.05, 0) is 53.3 Å². The number of rotatable bonds is 4. The Morgan fingerprint density at radius 1 is 1.05 bits per heavy atom. The highest BCUT2D eigenvalue weighted by molar-refractivity contribution is 6.31. The summed E-state index contributed by atoms with van der Waals surface area (Å²) in [6.07, 6.45) is 1.91. The predicted octanol–water partition coefficient (Wildman–Crippen LogP) is 4.83. The largest absolute Gasteiger partial charge is 0.478 e. The molecular weight excluding hydrogens is 272 g/mol. The molecule has 0 aliphatic rings. The SMILES string of the molecule is CCc1ccc(-c2cc(Cl)ccc2C(=O)O)cc1CC. The van der Waals surface area contributed by atoms with Crippen molar-refractivity contribution in [1.29, 1.82) is 0 Å². The van der Waals surface area contributed by atoms with Crippen molar-refractivity contribution in [3.63, 3.8) is 0 Å². The minimum absolute atomic E-state index is 0.278. The monoisotopic (exact) mass is 288 g/mol. The first-order valence-corrected chi connectivity index (χ1v) is 7.09. The highest BCUT2D eigenvalue weighted by Crippen LogP contribution is 2.29. The lowest BCUT2D eigenvalue weighted by atomic mass is 9.94. The fraction of sp³-hybridized carbons (Fsp3) is 0.235. The number of hydrogen-bond donors (Lipinski definition) is 1. The van der Waals surface area contributed by atoms with Crippen LogP contribution in [0.25, 0.3) is 11.1 Å². The van der Waals surface area contributed by atoms with Crippen LogP contribution in [0.5, 0.6) is 0 Å². The van der Waals surface area contributed by atoms with Crippen molar-refractivity contribution < 1.29 is 9.90 Å². The van der Waals surface area contributed by atoms with Gasteiger partial charge in [-0.1, -0.05) is 43.6 Å². The van der Waals surface area contributed by atoms with Gasteiger partial charge in [-0.25, -0.2) is 4.79 Å². The number of aromatic carboxylic acids is 1. The van der Waals surface area contributed by atoms with E-state index in [2.05, 4.69) is 26.0 Å². The zero-order valence-corrected chi connectivity index (χ0v) is 12.4. The molecule has 2 nitrogen and oxygen atoms in total. The van der Waals surface area contributed by atoms with Crippen LogP contribution in [0.2, 0.25) is 5.02 Å². The zero-order valence-electron chi connectivity index (χ0n) is 11.6. The molecule has 0 aliphatic carbocycles. The molecule has 0 aliphatic heterocycles. The van der Waals surface area contributed by atoms with E-state index in [0.29, 0.717) is 10.6 Å². The Bertz CT molecular complexity index is 647. The Labute approximate surface area is 124 Å². The maximum atomic E-state index is 11.3. The molecule has 0 radical (unpaired) electrons. The van der Waals surface area contributed by atoms with Crippen LogP contribution in [-0.2, 0) is 12.8 Å². The smallest absolute Gasteiger partial charge is 0.336 e. The van der Waals surface area contributed by atoms with Gasteiger partial charge in [-0.15, -0.1) is 0 Å². The predicted molar refractivity (Wildman–Crippen MR) is 82.6 cm³/mol. The quantitative estimate of drug-likeness (QED) is 0.875. The van der Waals surface area contributed by atoms with Crippen LogP contribution >= 0.6 is 11.6 Å². The van der Waals surface area contributed by atoms with Crippen LogP contribution in [-0.4, -0.2) is 11.1 Å². The summed E-state index contributed by atoms with van der Waals surface area (Å²) < 4.78 is 0. The van der Waals surface area contributed by atoms with Crippen molar-refractivity contribution >= 4 is 17.6 Å². The van der Waals surface area contributed by atoms with Crippen LogP contribution in [0.15, 0.2) is 36.4 Å². The van der Waals surface area contributed by atoms with Crippen LogP contribution in [0.1, 0.15) is 35.3 Å². The van der Waals surface area contributed by atoms with Gasteiger partial charge < -0.3 is 5.11 Å². The maximum absolute atomic E-state index is 11.3. The maximum Gasteiger partial charge on any atom is 0.336 e. The Kier molecular flexibility index (Phi) is 4.46. The summed E-state index contributed by atoms with van der Waals surface area (Å²) in [6, 6.07) is 11.0. The number of halogens is 1. The number of carboxylic acid groups (broad SMARTS) is 1. The fourth-order valence-corrected chi connectivity index (χ4v) is 2.58. The summed E-state index contributed by atoms with van der Waals surface area (Å²) in [7, 11) is 0. The second kappa shape index (κ2) is 6.10. The zero-order chi connectivity index (χ0) is 14.7. The second-order valence-corrected chi connectivity index (χ2v) is 5.12. The van der Waals surface area contributed by atoms with Gasteiger partial charge >= 0.3 is 5.97 Å². The van der Waals surface area contributed by atoms with Gasteiger partial charge in [-0.2, -0.15) is 0 Å². The number of benzene rings is 2. The lowest BCUT2D eigenvalue weighted by molar-refractivity contribution is 0.0698. The van der Waals surface area contributed by atoms with Gasteiger partial charge in [0.25, 0.3) is 0 Å². The van der Waals surface area contributed by atoms with Crippen LogP contribution in [0, 0.1) is 0 Å². The third-order valence-electron chi connectivity index (χ3n) is 3.49. The Morgan fingerprint density at radius 3 is 2.35 bits per heavy atom. The van der Waals surface area contributed by atoms with E-state index in [9.17, 15) is 9.90 Å². The molecule has 0 saturated heterocycles. The minimum Gasteiger partial charge on any atom is -0.478 e. The lowest BCUT2D eigenvalue weighted by Gasteiger charge is -2.11. The number of carboxylic acids is 1. The minimum atomic E-state index is -0.936. The third kappa shape index (κ3) is 2.86. The van der Waals surface area contributed by atoms with Crippen molar-refractivity contribution in [2.24, 2.45) is 0 Å². The van der Waals surface area contributed by atoms with Crippen molar-refractivity contribution in [1.82, 2.24) is 0 Å². The van der Waals surface area contributed by atoms with E-state index in [-0.39, 0.29) is 5.56 Å². The molecule has 0 fully saturated rings. The molecule has 0 unspecified atom stereocenters. The van der Waals surface area contributed by atoms with Crippen molar-refractivity contribution in [3.05, 3.63) is 58.1 Å². The molecule has 0 aromatic heterocycles. The van der Waals surface area contributed by atoms with Crippen LogP contribution < -0.4 is 0 Å². The molecule has 0 bridgehead atoms. The number of carbonyl (C=O) groups is 1. The molecule has 3 heteroatoms. The normalized spacial score (nSPS) is 10.6. The summed E-state index contributed by atoms with van der Waals surface area (Å²) in [5, 5.41) is 9.85. The summed E-state index contributed by atoms with van der Waals surface area (Å²) in [5.41, 5.74) is 4.40. The van der Waals surface area contributed by atoms with Crippen LogP contribution in [0.3, 0.4) is 0 Å². The highest BCUT2D eigenvalue weighted by Gasteiger charge is 2.13. The van der Waals surface area contributed by atoms with Crippen molar-refractivity contribution in [3.8, 4) is 11.1 Å². The standard InChI is InChI=1S/C17H17ClO2/c1-3-11-5-6-13(9-12(11)4-2)16-10-14(18)7-8-15(16)17(19)20/h5-10H,3-4H2,1-2H3,(H,19,20). The Hall–Kier alpha value is -1.80. The first-order chi connectivity index (χ1) is 9.56. The summed E-state index contributed by atoms with van der Waals surface area (Å²) in [4.78, 5) is 11.3.